The highest BCUT2D eigenvalue weighted by molar-refractivity contribution is 7.09. The van der Waals surface area contributed by atoms with E-state index in [4.69, 9.17) is 0 Å². The number of hydrogen-bond acceptors (Lipinski definition) is 6. The van der Waals surface area contributed by atoms with Crippen molar-refractivity contribution < 1.29 is 10.2 Å². The zero-order valence-corrected chi connectivity index (χ0v) is 9.40. The molecular formula is C10H11N3O2S. The molecule has 1 aromatic carbocycles. The molecule has 6 heteroatoms. The molecule has 16 heavy (non-hydrogen) atoms. The molecule has 3 N–H and O–H groups in total. The summed E-state index contributed by atoms with van der Waals surface area (Å²) in [6, 6.07) is 4.45. The van der Waals surface area contributed by atoms with Crippen LogP contribution in [0.1, 0.15) is 18.5 Å². The van der Waals surface area contributed by atoms with E-state index < -0.39 is 0 Å². The third kappa shape index (κ3) is 2.22. The van der Waals surface area contributed by atoms with E-state index >= 15 is 0 Å². The first-order chi connectivity index (χ1) is 7.66. The molecule has 0 aliphatic rings. The number of nitrogens with zero attached hydrogens (tertiary/aromatic N) is 2. The molecule has 0 aliphatic carbocycles. The van der Waals surface area contributed by atoms with Crippen molar-refractivity contribution in [2.45, 2.75) is 13.0 Å². The molecule has 0 spiro atoms. The second-order valence-corrected chi connectivity index (χ2v) is 4.18. The normalized spacial score (nSPS) is 12.3. The lowest BCUT2D eigenvalue weighted by atomic mass is 10.1. The highest BCUT2D eigenvalue weighted by atomic mass is 32.1. The fourth-order valence-electron chi connectivity index (χ4n) is 1.42. The number of aromatic nitrogens is 2. The lowest BCUT2D eigenvalue weighted by molar-refractivity contribution is 0.444. The summed E-state index contributed by atoms with van der Waals surface area (Å²) in [7, 11) is 0. The predicted molar refractivity (Wildman–Crippen MR) is 61.7 cm³/mol. The van der Waals surface area contributed by atoms with Crippen molar-refractivity contribution in [1.29, 1.82) is 0 Å². The van der Waals surface area contributed by atoms with Crippen LogP contribution in [0.15, 0.2) is 24.4 Å². The highest BCUT2D eigenvalue weighted by Gasteiger charge is 2.11. The zero-order chi connectivity index (χ0) is 11.5. The van der Waals surface area contributed by atoms with Crippen molar-refractivity contribution in [2.24, 2.45) is 0 Å². The van der Waals surface area contributed by atoms with E-state index in [1.165, 1.54) is 23.7 Å². The molecule has 0 saturated heterocycles. The number of hydrogen-bond donors (Lipinski definition) is 3. The quantitative estimate of drug-likeness (QED) is 0.762. The van der Waals surface area contributed by atoms with E-state index in [1.807, 2.05) is 6.92 Å². The first-order valence-electron chi connectivity index (χ1n) is 4.72. The molecule has 0 radical (unpaired) electrons. The van der Waals surface area contributed by atoms with Crippen molar-refractivity contribution in [3.05, 3.63) is 30.0 Å². The van der Waals surface area contributed by atoms with E-state index in [-0.39, 0.29) is 17.5 Å². The summed E-state index contributed by atoms with van der Waals surface area (Å²) in [6.45, 7) is 1.91. The van der Waals surface area contributed by atoms with E-state index in [1.54, 1.807) is 12.3 Å². The van der Waals surface area contributed by atoms with Gasteiger partial charge in [-0.1, -0.05) is 4.49 Å². The van der Waals surface area contributed by atoms with Crippen LogP contribution < -0.4 is 5.32 Å². The van der Waals surface area contributed by atoms with Gasteiger partial charge in [0.05, 0.1) is 12.2 Å². The van der Waals surface area contributed by atoms with Crippen molar-refractivity contribution in [3.63, 3.8) is 0 Å². The van der Waals surface area contributed by atoms with Gasteiger partial charge in [0, 0.05) is 23.2 Å². The molecule has 1 heterocycles. The summed E-state index contributed by atoms with van der Waals surface area (Å²) < 4.78 is 3.73. The van der Waals surface area contributed by atoms with E-state index in [0.717, 1.165) is 5.00 Å². The first kappa shape index (κ1) is 10.7. The van der Waals surface area contributed by atoms with Gasteiger partial charge >= 0.3 is 0 Å². The molecule has 0 amide bonds. The molecule has 1 aromatic heterocycles. The standard InChI is InChI=1S/C10H11N3O2S/c1-6(12-10-5-11-13-16-10)8-3-2-7(14)4-9(8)15/h2-6,12,14-15H,1H3. The van der Waals surface area contributed by atoms with Crippen LogP contribution in [-0.2, 0) is 0 Å². The lowest BCUT2D eigenvalue weighted by Gasteiger charge is -2.14. The number of nitrogens with one attached hydrogen (secondary N) is 1. The second kappa shape index (κ2) is 4.36. The fourth-order valence-corrected chi connectivity index (χ4v) is 1.93. The van der Waals surface area contributed by atoms with E-state index in [2.05, 4.69) is 14.9 Å². The largest absolute Gasteiger partial charge is 0.508 e. The average molecular weight is 237 g/mol. The molecule has 0 saturated carbocycles. The van der Waals surface area contributed by atoms with Crippen LogP contribution >= 0.6 is 11.5 Å². The first-order valence-corrected chi connectivity index (χ1v) is 5.50. The summed E-state index contributed by atoms with van der Waals surface area (Å²) >= 11 is 1.25. The number of benzene rings is 1. The molecule has 2 aromatic rings. The molecule has 2 rings (SSSR count). The zero-order valence-electron chi connectivity index (χ0n) is 8.58. The minimum absolute atomic E-state index is 0.0490. The van der Waals surface area contributed by atoms with Gasteiger partial charge in [-0.15, -0.1) is 5.10 Å². The number of anilines is 1. The number of phenols is 2. The van der Waals surface area contributed by atoms with Gasteiger partial charge in [-0.3, -0.25) is 0 Å². The highest BCUT2D eigenvalue weighted by Crippen LogP contribution is 2.30. The maximum absolute atomic E-state index is 9.66. The Morgan fingerprint density at radius 1 is 1.38 bits per heavy atom. The van der Waals surface area contributed by atoms with Crippen LogP contribution in [-0.4, -0.2) is 19.8 Å². The number of rotatable bonds is 3. The van der Waals surface area contributed by atoms with Gasteiger partial charge in [-0.2, -0.15) is 0 Å². The van der Waals surface area contributed by atoms with Gasteiger partial charge in [-0.05, 0) is 19.1 Å². The van der Waals surface area contributed by atoms with Crippen LogP contribution in [0.2, 0.25) is 0 Å². The van der Waals surface area contributed by atoms with Gasteiger partial charge in [0.15, 0.2) is 0 Å². The molecule has 0 aliphatic heterocycles. The minimum Gasteiger partial charge on any atom is -0.508 e. The SMILES string of the molecule is CC(Nc1cnns1)c1ccc(O)cc1O. The summed E-state index contributed by atoms with van der Waals surface area (Å²) in [5.41, 5.74) is 0.714. The Morgan fingerprint density at radius 3 is 2.81 bits per heavy atom. The summed E-state index contributed by atoms with van der Waals surface area (Å²) in [5.74, 6) is 0.116. The molecule has 84 valence electrons. The smallest absolute Gasteiger partial charge is 0.130 e. The van der Waals surface area contributed by atoms with Crippen molar-refractivity contribution in [3.8, 4) is 11.5 Å². The van der Waals surface area contributed by atoms with Crippen LogP contribution in [0, 0.1) is 0 Å². The van der Waals surface area contributed by atoms with E-state index in [0.29, 0.717) is 5.56 Å². The average Bonchev–Trinajstić information content (AvgIpc) is 2.70. The van der Waals surface area contributed by atoms with Crippen LogP contribution in [0.25, 0.3) is 0 Å². The monoisotopic (exact) mass is 237 g/mol. The van der Waals surface area contributed by atoms with Crippen molar-refractivity contribution in [1.82, 2.24) is 9.59 Å². The Bertz CT molecular complexity index is 473. The maximum Gasteiger partial charge on any atom is 0.130 e. The molecular weight excluding hydrogens is 226 g/mol. The van der Waals surface area contributed by atoms with Gasteiger partial charge < -0.3 is 15.5 Å². The summed E-state index contributed by atoms with van der Waals surface area (Å²) in [6.07, 6.45) is 1.62. The molecule has 0 bridgehead atoms. The fraction of sp³-hybridized carbons (Fsp3) is 0.200. The minimum atomic E-state index is -0.0807. The Morgan fingerprint density at radius 2 is 2.19 bits per heavy atom. The Labute approximate surface area is 96.5 Å². The van der Waals surface area contributed by atoms with Crippen LogP contribution in [0.4, 0.5) is 5.00 Å². The predicted octanol–water partition coefficient (Wildman–Crippen LogP) is 2.12. The van der Waals surface area contributed by atoms with Crippen molar-refractivity contribution >= 4 is 16.5 Å². The Kier molecular flexibility index (Phi) is 2.91. The van der Waals surface area contributed by atoms with E-state index in [9.17, 15) is 10.2 Å². The maximum atomic E-state index is 9.66. The number of aromatic hydroxyl groups is 2. The Balaban J connectivity index is 2.17. The molecule has 1 unspecified atom stereocenters. The topological polar surface area (TPSA) is 78.3 Å². The van der Waals surface area contributed by atoms with Gasteiger partial charge in [0.1, 0.15) is 16.5 Å². The third-order valence-corrected chi connectivity index (χ3v) is 2.80. The molecule has 5 nitrogen and oxygen atoms in total. The van der Waals surface area contributed by atoms with Crippen LogP contribution in [0.5, 0.6) is 11.5 Å². The van der Waals surface area contributed by atoms with Gasteiger partial charge in [0.25, 0.3) is 0 Å². The second-order valence-electron chi connectivity index (χ2n) is 3.39. The summed E-state index contributed by atoms with van der Waals surface area (Å²) in [5, 5.41) is 26.5. The molecule has 0 fully saturated rings. The summed E-state index contributed by atoms with van der Waals surface area (Å²) in [4.78, 5) is 0. The number of phenolic OH excluding ortho intramolecular Hbond substituents is 2. The van der Waals surface area contributed by atoms with Crippen LogP contribution in [0.3, 0.4) is 0 Å². The van der Waals surface area contributed by atoms with Gasteiger partial charge in [0.2, 0.25) is 0 Å². The molecule has 1 atom stereocenters. The lowest BCUT2D eigenvalue weighted by Crippen LogP contribution is -2.05. The third-order valence-electron chi connectivity index (χ3n) is 2.20. The van der Waals surface area contributed by atoms with Crippen molar-refractivity contribution in [2.75, 3.05) is 5.32 Å². The Hall–Kier alpha value is -1.82. The van der Waals surface area contributed by atoms with Gasteiger partial charge in [-0.25, -0.2) is 0 Å².